The number of nitro benzene ring substituents is 1. The Morgan fingerprint density at radius 1 is 1.38 bits per heavy atom. The molecule has 1 unspecified atom stereocenters. The van der Waals surface area contributed by atoms with Crippen LogP contribution in [0.15, 0.2) is 35.7 Å². The fraction of sp³-hybridized carbons (Fsp3) is 0.294. The molecule has 0 bridgehead atoms. The minimum absolute atomic E-state index is 0.154. The van der Waals surface area contributed by atoms with Crippen molar-refractivity contribution in [1.82, 2.24) is 4.90 Å². The maximum absolute atomic E-state index is 12.7. The second-order valence-electron chi connectivity index (χ2n) is 5.76. The molecule has 0 aliphatic carbocycles. The smallest absolute Gasteiger partial charge is 0.271 e. The number of non-ortho nitro benzene ring substituents is 1. The molecule has 0 saturated carbocycles. The normalized spacial score (nSPS) is 16.3. The number of benzene rings is 1. The average molecular weight is 375 g/mol. The zero-order valence-corrected chi connectivity index (χ0v) is 14.8. The van der Waals surface area contributed by atoms with Gasteiger partial charge in [-0.2, -0.15) is 0 Å². The highest BCUT2D eigenvalue weighted by atomic mass is 32.1. The van der Waals surface area contributed by atoms with Crippen molar-refractivity contribution < 1.29 is 19.2 Å². The molecule has 1 aromatic carbocycles. The molecule has 2 aromatic rings. The average Bonchev–Trinajstić information content (AvgIpc) is 3.32. The SMILES string of the molecule is COc1ccc([N+](=O)[O-])cc1NC(=O)C1CCCN1C(=O)c1cccs1. The van der Waals surface area contributed by atoms with E-state index in [0.29, 0.717) is 23.6 Å². The van der Waals surface area contributed by atoms with Crippen molar-refractivity contribution in [1.29, 1.82) is 0 Å². The first-order chi connectivity index (χ1) is 12.5. The quantitative estimate of drug-likeness (QED) is 0.639. The van der Waals surface area contributed by atoms with Gasteiger partial charge in [0.25, 0.3) is 11.6 Å². The summed E-state index contributed by atoms with van der Waals surface area (Å²) in [7, 11) is 1.42. The summed E-state index contributed by atoms with van der Waals surface area (Å²) in [5, 5.41) is 15.4. The van der Waals surface area contributed by atoms with Gasteiger partial charge in [0.15, 0.2) is 0 Å². The van der Waals surface area contributed by atoms with Crippen LogP contribution < -0.4 is 10.1 Å². The maximum Gasteiger partial charge on any atom is 0.271 e. The third kappa shape index (κ3) is 3.52. The van der Waals surface area contributed by atoms with Gasteiger partial charge in [-0.05, 0) is 30.4 Å². The molecule has 2 heterocycles. The monoisotopic (exact) mass is 375 g/mol. The number of thiophene rings is 1. The zero-order valence-electron chi connectivity index (χ0n) is 14.0. The van der Waals surface area contributed by atoms with Gasteiger partial charge >= 0.3 is 0 Å². The van der Waals surface area contributed by atoms with Crippen LogP contribution in [0.3, 0.4) is 0 Å². The first-order valence-electron chi connectivity index (χ1n) is 7.99. The molecule has 136 valence electrons. The number of carbonyl (C=O) groups excluding carboxylic acids is 2. The first-order valence-corrected chi connectivity index (χ1v) is 8.87. The lowest BCUT2D eigenvalue weighted by Crippen LogP contribution is -2.43. The number of nitrogens with zero attached hydrogens (tertiary/aromatic N) is 2. The molecule has 1 aliphatic heterocycles. The van der Waals surface area contributed by atoms with E-state index in [4.69, 9.17) is 4.74 Å². The van der Waals surface area contributed by atoms with Crippen LogP contribution in [0.4, 0.5) is 11.4 Å². The van der Waals surface area contributed by atoms with Crippen molar-refractivity contribution in [2.24, 2.45) is 0 Å². The van der Waals surface area contributed by atoms with Crippen molar-refractivity contribution in [2.45, 2.75) is 18.9 Å². The maximum atomic E-state index is 12.7. The molecule has 1 atom stereocenters. The van der Waals surface area contributed by atoms with Crippen molar-refractivity contribution >= 4 is 34.5 Å². The number of hydrogen-bond donors (Lipinski definition) is 1. The number of ether oxygens (including phenoxy) is 1. The summed E-state index contributed by atoms with van der Waals surface area (Å²) in [5.74, 6) is -0.243. The van der Waals surface area contributed by atoms with E-state index < -0.39 is 11.0 Å². The number of rotatable bonds is 5. The molecular formula is C17H17N3O5S. The van der Waals surface area contributed by atoms with E-state index in [1.807, 2.05) is 5.38 Å². The number of anilines is 1. The van der Waals surface area contributed by atoms with Crippen molar-refractivity contribution in [3.63, 3.8) is 0 Å². The van der Waals surface area contributed by atoms with Gasteiger partial charge in [0.2, 0.25) is 5.91 Å². The molecule has 8 nitrogen and oxygen atoms in total. The Morgan fingerprint density at radius 2 is 2.19 bits per heavy atom. The lowest BCUT2D eigenvalue weighted by molar-refractivity contribution is -0.384. The highest BCUT2D eigenvalue weighted by Gasteiger charge is 2.35. The molecule has 1 N–H and O–H groups in total. The Morgan fingerprint density at radius 3 is 2.85 bits per heavy atom. The number of nitro groups is 1. The van der Waals surface area contributed by atoms with Crippen molar-refractivity contribution in [3.05, 3.63) is 50.7 Å². The summed E-state index contributed by atoms with van der Waals surface area (Å²) < 4.78 is 5.16. The molecule has 3 rings (SSSR count). The number of methoxy groups -OCH3 is 1. The van der Waals surface area contributed by atoms with Crippen molar-refractivity contribution in [2.75, 3.05) is 19.0 Å². The van der Waals surface area contributed by atoms with Crippen LogP contribution in [0.25, 0.3) is 0 Å². The molecule has 0 radical (unpaired) electrons. The van der Waals surface area contributed by atoms with Gasteiger partial charge in [0.05, 0.1) is 22.6 Å². The lowest BCUT2D eigenvalue weighted by Gasteiger charge is -2.23. The Hall–Kier alpha value is -2.94. The van der Waals surface area contributed by atoms with Crippen LogP contribution in [0.1, 0.15) is 22.5 Å². The largest absolute Gasteiger partial charge is 0.495 e. The number of amides is 2. The Balaban J connectivity index is 1.80. The minimum atomic E-state index is -0.617. The van der Waals surface area contributed by atoms with E-state index >= 15 is 0 Å². The second kappa shape index (κ2) is 7.52. The van der Waals surface area contributed by atoms with Gasteiger partial charge in [-0.15, -0.1) is 11.3 Å². The topological polar surface area (TPSA) is 102 Å². The standard InChI is InChI=1S/C17H17N3O5S/c1-25-14-7-6-11(20(23)24)10-12(14)18-16(21)13-4-2-8-19(13)17(22)15-5-3-9-26-15/h3,5-7,9-10,13H,2,4,8H2,1H3,(H,18,21). The summed E-state index contributed by atoms with van der Waals surface area (Å²) >= 11 is 1.33. The van der Waals surface area contributed by atoms with E-state index in [1.54, 1.807) is 17.0 Å². The van der Waals surface area contributed by atoms with Crippen LogP contribution in [0.5, 0.6) is 5.75 Å². The van der Waals surface area contributed by atoms with Gasteiger partial charge in [-0.3, -0.25) is 19.7 Å². The van der Waals surface area contributed by atoms with Gasteiger partial charge in [-0.25, -0.2) is 0 Å². The molecule has 0 spiro atoms. The van der Waals surface area contributed by atoms with E-state index in [-0.39, 0.29) is 23.2 Å². The number of hydrogen-bond acceptors (Lipinski definition) is 6. The lowest BCUT2D eigenvalue weighted by atomic mass is 10.2. The molecule has 1 aliphatic rings. The highest BCUT2D eigenvalue weighted by molar-refractivity contribution is 7.12. The van der Waals surface area contributed by atoms with E-state index in [9.17, 15) is 19.7 Å². The zero-order chi connectivity index (χ0) is 18.7. The van der Waals surface area contributed by atoms with Crippen LogP contribution in [0.2, 0.25) is 0 Å². The predicted octanol–water partition coefficient (Wildman–Crippen LogP) is 2.91. The Kier molecular flexibility index (Phi) is 5.17. The Bertz CT molecular complexity index is 837. The highest BCUT2D eigenvalue weighted by Crippen LogP contribution is 2.30. The summed E-state index contributed by atoms with van der Waals surface area (Å²) in [4.78, 5) is 37.9. The van der Waals surface area contributed by atoms with E-state index in [2.05, 4.69) is 5.32 Å². The molecule has 9 heteroatoms. The van der Waals surface area contributed by atoms with Crippen LogP contribution >= 0.6 is 11.3 Å². The number of likely N-dealkylation sites (tertiary alicyclic amines) is 1. The van der Waals surface area contributed by atoms with E-state index in [1.165, 1.54) is 36.6 Å². The summed E-state index contributed by atoms with van der Waals surface area (Å²) in [5.41, 5.74) is 0.0566. The third-order valence-corrected chi connectivity index (χ3v) is 5.06. The fourth-order valence-corrected chi connectivity index (χ4v) is 3.63. The first kappa shape index (κ1) is 17.9. The molecule has 1 fully saturated rings. The van der Waals surface area contributed by atoms with Crippen LogP contribution in [-0.2, 0) is 4.79 Å². The fourth-order valence-electron chi connectivity index (χ4n) is 2.95. The molecule has 26 heavy (non-hydrogen) atoms. The van der Waals surface area contributed by atoms with Gasteiger partial charge in [0, 0.05) is 18.7 Å². The van der Waals surface area contributed by atoms with Crippen LogP contribution in [-0.4, -0.2) is 41.3 Å². The number of carbonyl (C=O) groups is 2. The minimum Gasteiger partial charge on any atom is -0.495 e. The van der Waals surface area contributed by atoms with Gasteiger partial charge < -0.3 is 15.0 Å². The summed E-state index contributed by atoms with van der Waals surface area (Å²) in [6.45, 7) is 0.501. The predicted molar refractivity (Wildman–Crippen MR) is 96.7 cm³/mol. The molecule has 1 saturated heterocycles. The second-order valence-corrected chi connectivity index (χ2v) is 6.71. The van der Waals surface area contributed by atoms with Crippen molar-refractivity contribution in [3.8, 4) is 5.75 Å². The molecule has 2 amide bonds. The van der Waals surface area contributed by atoms with Crippen LogP contribution in [0, 0.1) is 10.1 Å². The summed E-state index contributed by atoms with van der Waals surface area (Å²) in [6.07, 6.45) is 1.27. The van der Waals surface area contributed by atoms with Gasteiger partial charge in [0.1, 0.15) is 11.8 Å². The van der Waals surface area contributed by atoms with E-state index in [0.717, 1.165) is 6.42 Å². The third-order valence-electron chi connectivity index (χ3n) is 4.20. The summed E-state index contributed by atoms with van der Waals surface area (Å²) in [6, 6.07) is 6.87. The molecular weight excluding hydrogens is 358 g/mol. The molecule has 1 aromatic heterocycles. The van der Waals surface area contributed by atoms with Gasteiger partial charge in [-0.1, -0.05) is 6.07 Å². The number of nitrogens with one attached hydrogen (secondary N) is 1. The Labute approximate surface area is 153 Å².